The highest BCUT2D eigenvalue weighted by Crippen LogP contribution is 2.32. The zero-order valence-corrected chi connectivity index (χ0v) is 15.4. The highest BCUT2D eigenvalue weighted by atomic mass is 16.5. The first-order valence-electron chi connectivity index (χ1n) is 9.44. The Hall–Kier alpha value is -2.83. The van der Waals surface area contributed by atoms with Gasteiger partial charge < -0.3 is 15.0 Å². The fraction of sp³-hybridized carbons (Fsp3) is 0.450. The summed E-state index contributed by atoms with van der Waals surface area (Å²) in [6.45, 7) is 0.383. The molecule has 2 amide bonds. The van der Waals surface area contributed by atoms with E-state index in [4.69, 9.17) is 4.74 Å². The summed E-state index contributed by atoms with van der Waals surface area (Å²) in [7, 11) is 1.60. The van der Waals surface area contributed by atoms with Crippen molar-refractivity contribution in [2.45, 2.75) is 38.1 Å². The van der Waals surface area contributed by atoms with Crippen LogP contribution in [0.25, 0.3) is 0 Å². The predicted octanol–water partition coefficient (Wildman–Crippen LogP) is 3.00. The van der Waals surface area contributed by atoms with E-state index in [1.54, 1.807) is 18.2 Å². The van der Waals surface area contributed by atoms with Crippen molar-refractivity contribution in [2.24, 2.45) is 5.92 Å². The fourth-order valence-corrected chi connectivity index (χ4v) is 3.98. The number of ether oxygens (including phenoxy) is 1. The summed E-state index contributed by atoms with van der Waals surface area (Å²) in [4.78, 5) is 26.8. The second-order valence-electron chi connectivity index (χ2n) is 7.19. The first kappa shape index (κ1) is 17.6. The second-order valence-corrected chi connectivity index (χ2v) is 7.19. The molecule has 1 atom stereocenters. The van der Waals surface area contributed by atoms with E-state index >= 15 is 0 Å². The second kappa shape index (κ2) is 7.42. The minimum absolute atomic E-state index is 0.0374. The standard InChI is InChI=1S/C20H24N4O3/c1-27-17-8-6-15(7-9-17)23-13-14(12-19(23)25)20(26)22-18-10-11-21-24(18)16-4-2-3-5-16/h6-11,14,16H,2-5,12-13H2,1H3,(H,22,26). The van der Waals surface area contributed by atoms with Crippen molar-refractivity contribution in [3.8, 4) is 5.75 Å². The molecule has 7 heteroatoms. The number of methoxy groups -OCH3 is 1. The molecule has 0 spiro atoms. The molecule has 1 aromatic heterocycles. The van der Waals surface area contributed by atoms with Gasteiger partial charge in [-0.3, -0.25) is 9.59 Å². The van der Waals surface area contributed by atoms with Gasteiger partial charge >= 0.3 is 0 Å². The van der Waals surface area contributed by atoms with E-state index in [1.165, 1.54) is 12.8 Å². The number of nitrogens with one attached hydrogen (secondary N) is 1. The molecule has 2 aromatic rings. The molecule has 1 aromatic carbocycles. The molecule has 7 nitrogen and oxygen atoms in total. The number of rotatable bonds is 5. The molecule has 1 aliphatic carbocycles. The smallest absolute Gasteiger partial charge is 0.230 e. The Morgan fingerprint density at radius 1 is 1.19 bits per heavy atom. The summed E-state index contributed by atoms with van der Waals surface area (Å²) in [6, 6.07) is 9.50. The van der Waals surface area contributed by atoms with Crippen LogP contribution in [0.3, 0.4) is 0 Å². The molecular formula is C20H24N4O3. The molecule has 2 aliphatic rings. The largest absolute Gasteiger partial charge is 0.497 e. The van der Waals surface area contributed by atoms with Gasteiger partial charge in [0.05, 0.1) is 25.3 Å². The molecule has 2 heterocycles. The Morgan fingerprint density at radius 2 is 1.93 bits per heavy atom. The van der Waals surface area contributed by atoms with Gasteiger partial charge in [-0.05, 0) is 37.1 Å². The maximum absolute atomic E-state index is 12.8. The molecule has 142 valence electrons. The average Bonchev–Trinajstić information content (AvgIpc) is 3.42. The summed E-state index contributed by atoms with van der Waals surface area (Å²) in [5.74, 6) is 0.928. The summed E-state index contributed by atoms with van der Waals surface area (Å²) in [5, 5.41) is 7.37. The number of hydrogen-bond donors (Lipinski definition) is 1. The molecule has 4 rings (SSSR count). The van der Waals surface area contributed by atoms with Gasteiger partial charge in [-0.2, -0.15) is 5.10 Å². The van der Waals surface area contributed by atoms with Crippen molar-refractivity contribution in [3.05, 3.63) is 36.5 Å². The van der Waals surface area contributed by atoms with Crippen LogP contribution in [0.4, 0.5) is 11.5 Å². The number of nitrogens with zero attached hydrogens (tertiary/aromatic N) is 3. The van der Waals surface area contributed by atoms with Gasteiger partial charge in [-0.25, -0.2) is 4.68 Å². The zero-order chi connectivity index (χ0) is 18.8. The highest BCUT2D eigenvalue weighted by molar-refractivity contribution is 6.03. The average molecular weight is 368 g/mol. The van der Waals surface area contributed by atoms with Crippen LogP contribution in [0.1, 0.15) is 38.1 Å². The van der Waals surface area contributed by atoms with Crippen molar-refractivity contribution < 1.29 is 14.3 Å². The Balaban J connectivity index is 1.43. The SMILES string of the molecule is COc1ccc(N2CC(C(=O)Nc3ccnn3C3CCCC3)CC2=O)cc1. The monoisotopic (exact) mass is 368 g/mol. The zero-order valence-electron chi connectivity index (χ0n) is 15.4. The summed E-state index contributed by atoms with van der Waals surface area (Å²) in [6.07, 6.45) is 6.53. The van der Waals surface area contributed by atoms with E-state index in [9.17, 15) is 9.59 Å². The minimum atomic E-state index is -0.369. The van der Waals surface area contributed by atoms with Gasteiger partial charge in [0.15, 0.2) is 0 Å². The quantitative estimate of drug-likeness (QED) is 0.880. The lowest BCUT2D eigenvalue weighted by molar-refractivity contribution is -0.122. The third-order valence-electron chi connectivity index (χ3n) is 5.47. The molecule has 1 saturated heterocycles. The molecular weight excluding hydrogens is 344 g/mol. The van der Waals surface area contributed by atoms with Crippen LogP contribution >= 0.6 is 0 Å². The minimum Gasteiger partial charge on any atom is -0.497 e. The van der Waals surface area contributed by atoms with Gasteiger partial charge in [0.1, 0.15) is 11.6 Å². The van der Waals surface area contributed by atoms with Crippen molar-refractivity contribution in [1.82, 2.24) is 9.78 Å². The molecule has 0 bridgehead atoms. The number of anilines is 2. The maximum Gasteiger partial charge on any atom is 0.230 e. The number of amides is 2. The van der Waals surface area contributed by atoms with E-state index in [2.05, 4.69) is 10.4 Å². The van der Waals surface area contributed by atoms with Crippen LogP contribution in [-0.2, 0) is 9.59 Å². The Morgan fingerprint density at radius 3 is 2.63 bits per heavy atom. The lowest BCUT2D eigenvalue weighted by Gasteiger charge is -2.18. The van der Waals surface area contributed by atoms with Crippen LogP contribution in [-0.4, -0.2) is 35.2 Å². The molecule has 1 unspecified atom stereocenters. The molecule has 2 fully saturated rings. The van der Waals surface area contributed by atoms with Crippen LogP contribution in [0.5, 0.6) is 5.75 Å². The number of benzene rings is 1. The number of carbonyl (C=O) groups excluding carboxylic acids is 2. The van der Waals surface area contributed by atoms with E-state index in [1.807, 2.05) is 35.0 Å². The van der Waals surface area contributed by atoms with Crippen LogP contribution in [0, 0.1) is 5.92 Å². The van der Waals surface area contributed by atoms with Crippen molar-refractivity contribution >= 4 is 23.3 Å². The maximum atomic E-state index is 12.8. The van der Waals surface area contributed by atoms with Crippen LogP contribution < -0.4 is 15.0 Å². The first-order chi connectivity index (χ1) is 13.2. The normalized spacial score (nSPS) is 20.3. The molecule has 1 saturated carbocycles. The highest BCUT2D eigenvalue weighted by Gasteiger charge is 2.35. The number of aromatic nitrogens is 2. The van der Waals surface area contributed by atoms with Crippen molar-refractivity contribution in [1.29, 1.82) is 0 Å². The van der Waals surface area contributed by atoms with Crippen LogP contribution in [0.2, 0.25) is 0 Å². The number of hydrogen-bond acceptors (Lipinski definition) is 4. The summed E-state index contributed by atoms with van der Waals surface area (Å²) in [5.41, 5.74) is 0.784. The molecule has 27 heavy (non-hydrogen) atoms. The van der Waals surface area contributed by atoms with Gasteiger partial charge in [0.25, 0.3) is 0 Å². The van der Waals surface area contributed by atoms with E-state index in [0.29, 0.717) is 12.6 Å². The third kappa shape index (κ3) is 3.54. The van der Waals surface area contributed by atoms with Crippen molar-refractivity contribution in [3.63, 3.8) is 0 Å². The molecule has 1 N–H and O–H groups in total. The molecule has 0 radical (unpaired) electrons. The Labute approximate surface area is 158 Å². The summed E-state index contributed by atoms with van der Waals surface area (Å²) < 4.78 is 7.07. The van der Waals surface area contributed by atoms with Crippen LogP contribution in [0.15, 0.2) is 36.5 Å². The third-order valence-corrected chi connectivity index (χ3v) is 5.47. The van der Waals surface area contributed by atoms with Gasteiger partial charge in [-0.15, -0.1) is 0 Å². The first-order valence-corrected chi connectivity index (χ1v) is 9.44. The summed E-state index contributed by atoms with van der Waals surface area (Å²) >= 11 is 0. The van der Waals surface area contributed by atoms with E-state index < -0.39 is 0 Å². The fourth-order valence-electron chi connectivity index (χ4n) is 3.98. The van der Waals surface area contributed by atoms with Gasteiger partial charge in [-0.1, -0.05) is 12.8 Å². The van der Waals surface area contributed by atoms with Crippen molar-refractivity contribution in [2.75, 3.05) is 23.9 Å². The Bertz CT molecular complexity index is 824. The van der Waals surface area contributed by atoms with Gasteiger partial charge in [0.2, 0.25) is 11.8 Å². The van der Waals surface area contributed by atoms with E-state index in [-0.39, 0.29) is 24.2 Å². The van der Waals surface area contributed by atoms with E-state index in [0.717, 1.165) is 30.1 Å². The lowest BCUT2D eigenvalue weighted by Crippen LogP contribution is -2.29. The molecule has 1 aliphatic heterocycles. The topological polar surface area (TPSA) is 76.5 Å². The predicted molar refractivity (Wildman–Crippen MR) is 102 cm³/mol. The van der Waals surface area contributed by atoms with Gasteiger partial charge in [0, 0.05) is 24.7 Å². The number of carbonyl (C=O) groups is 2. The lowest BCUT2D eigenvalue weighted by atomic mass is 10.1. The Kier molecular flexibility index (Phi) is 4.83.